The van der Waals surface area contributed by atoms with E-state index in [1.54, 1.807) is 6.92 Å². The summed E-state index contributed by atoms with van der Waals surface area (Å²) in [5, 5.41) is 6.61. The second-order valence-electron chi connectivity index (χ2n) is 1.45. The Morgan fingerprint density at radius 3 is 2.44 bits per heavy atom. The molecule has 50 valence electrons. The van der Waals surface area contributed by atoms with Crippen molar-refractivity contribution in [2.75, 3.05) is 7.11 Å². The molecule has 1 N–H and O–H groups in total. The van der Waals surface area contributed by atoms with Crippen molar-refractivity contribution in [3.05, 3.63) is 5.57 Å². The Kier molecular flexibility index (Phi) is 3.40. The van der Waals surface area contributed by atoms with Crippen LogP contribution < -0.4 is 0 Å². The molecule has 0 spiro atoms. The highest BCUT2D eigenvalue weighted by atomic mass is 16.5. The molecule has 0 aliphatic heterocycles. The molecule has 0 radical (unpaired) electrons. The predicted molar refractivity (Wildman–Crippen MR) is 33.5 cm³/mol. The van der Waals surface area contributed by atoms with Crippen molar-refractivity contribution in [3.8, 4) is 0 Å². The largest absolute Gasteiger partial charge is 0.465 e. The summed E-state index contributed by atoms with van der Waals surface area (Å²) >= 11 is 0. The van der Waals surface area contributed by atoms with Crippen LogP contribution in [0.5, 0.6) is 0 Å². The van der Waals surface area contributed by atoms with Gasteiger partial charge in [0.15, 0.2) is 0 Å². The Labute approximate surface area is 53.8 Å². The van der Waals surface area contributed by atoms with Gasteiger partial charge in [0.25, 0.3) is 0 Å². The van der Waals surface area contributed by atoms with Crippen molar-refractivity contribution in [2.24, 2.45) is 0 Å². The molecule has 0 amide bonds. The fourth-order valence-electron chi connectivity index (χ4n) is 0.407. The first-order valence-electron chi connectivity index (χ1n) is 2.63. The average Bonchev–Trinajstić information content (AvgIpc) is 1.90. The molecule has 9 heavy (non-hydrogen) atoms. The van der Waals surface area contributed by atoms with E-state index in [1.165, 1.54) is 7.11 Å². The number of hydrogen-bond donors (Lipinski definition) is 1. The van der Waals surface area contributed by atoms with Crippen molar-refractivity contribution in [2.45, 2.75) is 13.3 Å². The van der Waals surface area contributed by atoms with E-state index in [4.69, 9.17) is 5.41 Å². The lowest BCUT2D eigenvalue weighted by Crippen LogP contribution is -2.03. The third-order valence-electron chi connectivity index (χ3n) is 0.936. The molecule has 0 aromatic heterocycles. The zero-order chi connectivity index (χ0) is 7.28. The molecule has 0 saturated heterocycles. The van der Waals surface area contributed by atoms with E-state index in [1.807, 2.05) is 5.87 Å². The van der Waals surface area contributed by atoms with Gasteiger partial charge in [0, 0.05) is 0 Å². The summed E-state index contributed by atoms with van der Waals surface area (Å²) in [6, 6.07) is 0. The molecule has 3 nitrogen and oxygen atoms in total. The fourth-order valence-corrected chi connectivity index (χ4v) is 0.407. The second-order valence-corrected chi connectivity index (χ2v) is 1.45. The summed E-state index contributed by atoms with van der Waals surface area (Å²) in [7, 11) is 1.29. The molecule has 0 aliphatic rings. The average molecular weight is 127 g/mol. The van der Waals surface area contributed by atoms with Crippen LogP contribution in [0.3, 0.4) is 0 Å². The van der Waals surface area contributed by atoms with Crippen LogP contribution in [0, 0.1) is 5.41 Å². The van der Waals surface area contributed by atoms with Crippen LogP contribution in [-0.4, -0.2) is 18.9 Å². The van der Waals surface area contributed by atoms with E-state index in [9.17, 15) is 4.79 Å². The number of carbonyl (C=O) groups is 1. The SMILES string of the molecule is CCC(=C=N)C(=O)OC. The van der Waals surface area contributed by atoms with Gasteiger partial charge in [-0.25, -0.2) is 4.79 Å². The van der Waals surface area contributed by atoms with E-state index in [2.05, 4.69) is 4.74 Å². The molecule has 0 aromatic carbocycles. The number of carbonyl (C=O) groups excluding carboxylic acids is 1. The third kappa shape index (κ3) is 2.11. The number of rotatable bonds is 2. The van der Waals surface area contributed by atoms with Crippen molar-refractivity contribution in [1.82, 2.24) is 0 Å². The molecule has 0 unspecified atom stereocenters. The van der Waals surface area contributed by atoms with Crippen LogP contribution in [0.4, 0.5) is 0 Å². The molecule has 0 heterocycles. The van der Waals surface area contributed by atoms with E-state index in [0.717, 1.165) is 0 Å². The minimum absolute atomic E-state index is 0.275. The topological polar surface area (TPSA) is 50.2 Å². The van der Waals surface area contributed by atoms with Crippen molar-refractivity contribution < 1.29 is 9.53 Å². The van der Waals surface area contributed by atoms with Gasteiger partial charge < -0.3 is 4.74 Å². The first-order chi connectivity index (χ1) is 4.26. The quantitative estimate of drug-likeness (QED) is 0.338. The summed E-state index contributed by atoms with van der Waals surface area (Å²) in [6.07, 6.45) is 0.496. The Morgan fingerprint density at radius 1 is 1.78 bits per heavy atom. The molecule has 0 atom stereocenters. The number of nitrogens with one attached hydrogen (secondary N) is 1. The summed E-state index contributed by atoms with van der Waals surface area (Å²) in [4.78, 5) is 10.5. The van der Waals surface area contributed by atoms with Gasteiger partial charge in [-0.3, -0.25) is 5.41 Å². The number of ether oxygens (including phenoxy) is 1. The predicted octanol–water partition coefficient (Wildman–Crippen LogP) is 0.744. The summed E-state index contributed by atoms with van der Waals surface area (Å²) < 4.78 is 4.34. The normalized spacial score (nSPS) is 7.78. The molecule has 0 fully saturated rings. The van der Waals surface area contributed by atoms with E-state index in [0.29, 0.717) is 6.42 Å². The zero-order valence-corrected chi connectivity index (χ0v) is 5.52. The minimum atomic E-state index is -0.465. The fraction of sp³-hybridized carbons (Fsp3) is 0.500. The highest BCUT2D eigenvalue weighted by molar-refractivity contribution is 5.96. The molecule has 0 aromatic rings. The van der Waals surface area contributed by atoms with E-state index < -0.39 is 5.97 Å². The van der Waals surface area contributed by atoms with Crippen LogP contribution in [0.15, 0.2) is 5.57 Å². The van der Waals surface area contributed by atoms with Gasteiger partial charge in [0.05, 0.1) is 12.7 Å². The lowest BCUT2D eigenvalue weighted by atomic mass is 10.2. The maximum atomic E-state index is 10.5. The number of hydrogen-bond acceptors (Lipinski definition) is 3. The highest BCUT2D eigenvalue weighted by Gasteiger charge is 2.04. The van der Waals surface area contributed by atoms with Gasteiger partial charge in [0.1, 0.15) is 0 Å². The van der Waals surface area contributed by atoms with Crippen LogP contribution in [-0.2, 0) is 9.53 Å². The smallest absolute Gasteiger partial charge is 0.343 e. The Hall–Kier alpha value is -1.08. The van der Waals surface area contributed by atoms with Gasteiger partial charge in [-0.1, -0.05) is 6.92 Å². The molecule has 0 bridgehead atoms. The lowest BCUT2D eigenvalue weighted by Gasteiger charge is -1.94. The van der Waals surface area contributed by atoms with Crippen LogP contribution in [0.1, 0.15) is 13.3 Å². The Balaban J connectivity index is 4.14. The molecule has 0 rings (SSSR count). The molecule has 3 heteroatoms. The zero-order valence-electron chi connectivity index (χ0n) is 5.52. The monoisotopic (exact) mass is 127 g/mol. The first kappa shape index (κ1) is 7.92. The highest BCUT2D eigenvalue weighted by Crippen LogP contribution is 1.95. The Bertz CT molecular complexity index is 156. The van der Waals surface area contributed by atoms with Crippen molar-refractivity contribution in [3.63, 3.8) is 0 Å². The molecule has 0 aliphatic carbocycles. The second kappa shape index (κ2) is 3.87. The summed E-state index contributed by atoms with van der Waals surface area (Å²) in [6.45, 7) is 1.77. The molecular weight excluding hydrogens is 118 g/mol. The van der Waals surface area contributed by atoms with Crippen LogP contribution >= 0.6 is 0 Å². The van der Waals surface area contributed by atoms with Crippen LogP contribution in [0.2, 0.25) is 0 Å². The first-order valence-corrected chi connectivity index (χ1v) is 2.63. The summed E-state index contributed by atoms with van der Waals surface area (Å²) in [5.74, 6) is 1.53. The molecule has 0 saturated carbocycles. The van der Waals surface area contributed by atoms with E-state index in [-0.39, 0.29) is 5.57 Å². The van der Waals surface area contributed by atoms with Crippen molar-refractivity contribution >= 4 is 11.8 Å². The Morgan fingerprint density at radius 2 is 2.33 bits per heavy atom. The van der Waals surface area contributed by atoms with Crippen LogP contribution in [0.25, 0.3) is 0 Å². The van der Waals surface area contributed by atoms with Gasteiger partial charge in [0.2, 0.25) is 0 Å². The maximum Gasteiger partial charge on any atom is 0.343 e. The van der Waals surface area contributed by atoms with Gasteiger partial charge in [-0.15, -0.1) is 0 Å². The number of esters is 1. The standard InChI is InChI=1S/C6H9NO2/c1-3-5(4-7)6(8)9-2/h7H,3H2,1-2H3. The minimum Gasteiger partial charge on any atom is -0.465 e. The van der Waals surface area contributed by atoms with Gasteiger partial charge in [-0.05, 0) is 12.3 Å². The van der Waals surface area contributed by atoms with Gasteiger partial charge >= 0.3 is 5.97 Å². The number of methoxy groups -OCH3 is 1. The lowest BCUT2D eigenvalue weighted by molar-refractivity contribution is -0.136. The maximum absolute atomic E-state index is 10.5. The van der Waals surface area contributed by atoms with Gasteiger partial charge in [-0.2, -0.15) is 0 Å². The summed E-state index contributed by atoms with van der Waals surface area (Å²) in [5.41, 5.74) is 0.275. The molecular formula is C6H9NO2. The van der Waals surface area contributed by atoms with E-state index >= 15 is 0 Å². The van der Waals surface area contributed by atoms with Crippen molar-refractivity contribution in [1.29, 1.82) is 5.41 Å². The third-order valence-corrected chi connectivity index (χ3v) is 0.936.